The first-order valence-corrected chi connectivity index (χ1v) is 5.74. The number of rotatable bonds is 3. The minimum atomic E-state index is -0.226. The smallest absolute Gasteiger partial charge is 0.234 e. The largest absolute Gasteiger partial charge is 0.396 e. The molecule has 0 aliphatic carbocycles. The van der Waals surface area contributed by atoms with Gasteiger partial charge >= 0.3 is 0 Å². The van der Waals surface area contributed by atoms with Crippen molar-refractivity contribution in [3.8, 4) is 0 Å². The quantitative estimate of drug-likeness (QED) is 0.757. The van der Waals surface area contributed by atoms with Crippen LogP contribution in [0.5, 0.6) is 0 Å². The Morgan fingerprint density at radius 3 is 2.53 bits per heavy atom. The van der Waals surface area contributed by atoms with Gasteiger partial charge in [0.1, 0.15) is 0 Å². The summed E-state index contributed by atoms with van der Waals surface area (Å²) >= 11 is 0. The zero-order valence-electron chi connectivity index (χ0n) is 9.48. The summed E-state index contributed by atoms with van der Waals surface area (Å²) in [5, 5.41) is 11.2. The van der Waals surface area contributed by atoms with Gasteiger partial charge in [-0.2, -0.15) is 0 Å². The fourth-order valence-corrected chi connectivity index (χ4v) is 2.06. The maximum atomic E-state index is 11.6. The summed E-state index contributed by atoms with van der Waals surface area (Å²) in [7, 11) is 0. The van der Waals surface area contributed by atoms with E-state index in [0.717, 1.165) is 11.1 Å². The molecule has 0 aromatic heterocycles. The molecule has 1 saturated heterocycles. The van der Waals surface area contributed by atoms with Crippen molar-refractivity contribution in [3.63, 3.8) is 0 Å². The van der Waals surface area contributed by atoms with Crippen LogP contribution >= 0.6 is 0 Å². The molecule has 1 aliphatic heterocycles. The van der Waals surface area contributed by atoms with Crippen molar-refractivity contribution in [3.05, 3.63) is 35.4 Å². The Balaban J connectivity index is 2.11. The lowest BCUT2D eigenvalue weighted by atomic mass is 9.90. The molecule has 1 aromatic carbocycles. The molecular formula is C13H15NO3. The second-order valence-electron chi connectivity index (χ2n) is 4.22. The fraction of sp³-hybridized carbons (Fsp3) is 0.385. The van der Waals surface area contributed by atoms with Crippen LogP contribution in [0.3, 0.4) is 0 Å². The van der Waals surface area contributed by atoms with Gasteiger partial charge in [-0.3, -0.25) is 14.9 Å². The number of hydrogen-bond acceptors (Lipinski definition) is 3. The number of amides is 2. The van der Waals surface area contributed by atoms with E-state index in [-0.39, 0.29) is 24.3 Å². The Bertz CT molecular complexity index is 425. The van der Waals surface area contributed by atoms with Gasteiger partial charge in [0.05, 0.1) is 5.92 Å². The predicted octanol–water partition coefficient (Wildman–Crippen LogP) is 0.742. The molecule has 0 saturated carbocycles. The van der Waals surface area contributed by atoms with Crippen LogP contribution in [0.15, 0.2) is 24.3 Å². The molecule has 0 bridgehead atoms. The first-order chi connectivity index (χ1) is 8.20. The second kappa shape index (κ2) is 5.10. The summed E-state index contributed by atoms with van der Waals surface area (Å²) in [6.45, 7) is 0.123. The van der Waals surface area contributed by atoms with Gasteiger partial charge in [0.25, 0.3) is 0 Å². The number of carbonyl (C=O) groups is 2. The standard InChI is InChI=1S/C13H15NO3/c15-8-7-9-1-3-10(4-2-9)11-5-6-12(16)14-13(11)17/h1-4,11,15H,5-8H2,(H,14,16,17). The predicted molar refractivity (Wildman–Crippen MR) is 62.4 cm³/mol. The van der Waals surface area contributed by atoms with Gasteiger partial charge in [-0.15, -0.1) is 0 Å². The molecule has 1 unspecified atom stereocenters. The highest BCUT2D eigenvalue weighted by Crippen LogP contribution is 2.24. The third-order valence-corrected chi connectivity index (χ3v) is 3.02. The second-order valence-corrected chi connectivity index (χ2v) is 4.22. The molecule has 0 radical (unpaired) electrons. The molecule has 1 fully saturated rings. The van der Waals surface area contributed by atoms with E-state index in [9.17, 15) is 9.59 Å². The van der Waals surface area contributed by atoms with E-state index in [2.05, 4.69) is 5.32 Å². The minimum Gasteiger partial charge on any atom is -0.396 e. The zero-order chi connectivity index (χ0) is 12.3. The first-order valence-electron chi connectivity index (χ1n) is 5.74. The molecule has 17 heavy (non-hydrogen) atoms. The van der Waals surface area contributed by atoms with E-state index in [4.69, 9.17) is 5.11 Å². The number of aliphatic hydroxyl groups excluding tert-OH is 1. The number of aliphatic hydroxyl groups is 1. The maximum absolute atomic E-state index is 11.6. The Hall–Kier alpha value is -1.68. The third-order valence-electron chi connectivity index (χ3n) is 3.02. The molecule has 1 heterocycles. The average Bonchev–Trinajstić information content (AvgIpc) is 2.31. The lowest BCUT2D eigenvalue weighted by molar-refractivity contribution is -0.134. The van der Waals surface area contributed by atoms with Crippen molar-refractivity contribution in [2.75, 3.05) is 6.61 Å². The van der Waals surface area contributed by atoms with Crippen LogP contribution in [0.25, 0.3) is 0 Å². The van der Waals surface area contributed by atoms with Crippen LogP contribution < -0.4 is 5.32 Å². The van der Waals surface area contributed by atoms with Crippen LogP contribution in [0.2, 0.25) is 0 Å². The van der Waals surface area contributed by atoms with Crippen LogP contribution in [0.4, 0.5) is 0 Å². The molecule has 2 N–H and O–H groups in total. The van der Waals surface area contributed by atoms with Crippen molar-refractivity contribution in [1.82, 2.24) is 5.32 Å². The Morgan fingerprint density at radius 1 is 1.24 bits per heavy atom. The summed E-state index contributed by atoms with van der Waals surface area (Å²) < 4.78 is 0. The van der Waals surface area contributed by atoms with Gasteiger partial charge in [0.15, 0.2) is 0 Å². The lowest BCUT2D eigenvalue weighted by Gasteiger charge is -2.21. The molecule has 4 nitrogen and oxygen atoms in total. The summed E-state index contributed by atoms with van der Waals surface area (Å²) in [6.07, 6.45) is 1.59. The Labute approximate surface area is 99.6 Å². The summed E-state index contributed by atoms with van der Waals surface area (Å²) in [6, 6.07) is 7.61. The number of carbonyl (C=O) groups excluding carboxylic acids is 2. The van der Waals surface area contributed by atoms with E-state index in [0.29, 0.717) is 19.3 Å². The van der Waals surface area contributed by atoms with Crippen molar-refractivity contribution < 1.29 is 14.7 Å². The topological polar surface area (TPSA) is 66.4 Å². The van der Waals surface area contributed by atoms with E-state index >= 15 is 0 Å². The molecule has 1 aliphatic rings. The summed E-state index contributed by atoms with van der Waals surface area (Å²) in [5.41, 5.74) is 1.97. The van der Waals surface area contributed by atoms with E-state index in [1.165, 1.54) is 0 Å². The highest BCUT2D eigenvalue weighted by atomic mass is 16.3. The van der Waals surface area contributed by atoms with E-state index in [1.54, 1.807) is 0 Å². The van der Waals surface area contributed by atoms with Gasteiger partial charge in [-0.1, -0.05) is 24.3 Å². The number of piperidine rings is 1. The van der Waals surface area contributed by atoms with Gasteiger partial charge < -0.3 is 5.11 Å². The van der Waals surface area contributed by atoms with Crippen molar-refractivity contribution in [1.29, 1.82) is 0 Å². The third kappa shape index (κ3) is 2.71. The Morgan fingerprint density at radius 2 is 1.94 bits per heavy atom. The molecule has 1 aromatic rings. The molecule has 90 valence electrons. The van der Waals surface area contributed by atoms with Crippen LogP contribution in [0, 0.1) is 0 Å². The summed E-state index contributed by atoms with van der Waals surface area (Å²) in [5.74, 6) is -0.629. The van der Waals surface area contributed by atoms with Crippen molar-refractivity contribution in [2.24, 2.45) is 0 Å². The van der Waals surface area contributed by atoms with Gasteiger partial charge in [-0.25, -0.2) is 0 Å². The van der Waals surface area contributed by atoms with Crippen LogP contribution in [-0.2, 0) is 16.0 Å². The lowest BCUT2D eigenvalue weighted by Crippen LogP contribution is -2.39. The monoisotopic (exact) mass is 233 g/mol. The molecule has 2 amide bonds. The van der Waals surface area contributed by atoms with Gasteiger partial charge in [-0.05, 0) is 24.0 Å². The fourth-order valence-electron chi connectivity index (χ4n) is 2.06. The van der Waals surface area contributed by atoms with E-state index in [1.807, 2.05) is 24.3 Å². The van der Waals surface area contributed by atoms with E-state index < -0.39 is 0 Å². The summed E-state index contributed by atoms with van der Waals surface area (Å²) in [4.78, 5) is 22.7. The molecule has 0 spiro atoms. The number of nitrogens with one attached hydrogen (secondary N) is 1. The SMILES string of the molecule is O=C1CCC(c2ccc(CCO)cc2)C(=O)N1. The molecule has 1 atom stereocenters. The van der Waals surface area contributed by atoms with Gasteiger partial charge in [0, 0.05) is 13.0 Å². The minimum absolute atomic E-state index is 0.123. The van der Waals surface area contributed by atoms with Crippen molar-refractivity contribution in [2.45, 2.75) is 25.2 Å². The van der Waals surface area contributed by atoms with Crippen LogP contribution in [-0.4, -0.2) is 23.5 Å². The van der Waals surface area contributed by atoms with Crippen LogP contribution in [0.1, 0.15) is 29.9 Å². The number of imide groups is 1. The zero-order valence-corrected chi connectivity index (χ0v) is 9.48. The normalized spacial score (nSPS) is 20.2. The molecule has 2 rings (SSSR count). The highest BCUT2D eigenvalue weighted by Gasteiger charge is 2.27. The first kappa shape index (κ1) is 11.8. The number of hydrogen-bond donors (Lipinski definition) is 2. The molecular weight excluding hydrogens is 218 g/mol. The van der Waals surface area contributed by atoms with Gasteiger partial charge in [0.2, 0.25) is 11.8 Å². The average molecular weight is 233 g/mol. The molecule has 4 heteroatoms. The highest BCUT2D eigenvalue weighted by molar-refractivity contribution is 6.00. The Kier molecular flexibility index (Phi) is 3.54. The van der Waals surface area contributed by atoms with Crippen molar-refractivity contribution >= 4 is 11.8 Å². The number of benzene rings is 1. The maximum Gasteiger partial charge on any atom is 0.234 e.